The number of methoxy groups -OCH3 is 1. The fourth-order valence-electron chi connectivity index (χ4n) is 2.16. The van der Waals surface area contributed by atoms with E-state index in [9.17, 15) is 4.79 Å². The zero-order chi connectivity index (χ0) is 17.5. The molecule has 3 rings (SSSR count). The van der Waals surface area contributed by atoms with E-state index in [1.165, 1.54) is 11.8 Å². The molecule has 25 heavy (non-hydrogen) atoms. The molecular weight excluding hydrogens is 352 g/mol. The number of benzene rings is 2. The molecule has 0 aliphatic rings. The molecule has 0 radical (unpaired) electrons. The van der Waals surface area contributed by atoms with E-state index >= 15 is 0 Å². The molecule has 1 N–H and O–H groups in total. The van der Waals surface area contributed by atoms with Crippen LogP contribution in [0.4, 0.5) is 0 Å². The van der Waals surface area contributed by atoms with Gasteiger partial charge in [0.05, 0.1) is 25.1 Å². The van der Waals surface area contributed by atoms with Gasteiger partial charge in [-0.05, 0) is 24.3 Å². The summed E-state index contributed by atoms with van der Waals surface area (Å²) in [4.78, 5) is 17.6. The lowest BCUT2D eigenvalue weighted by Crippen LogP contribution is -2.24. The quantitative estimate of drug-likeness (QED) is 0.633. The zero-order valence-electron chi connectivity index (χ0n) is 13.8. The Morgan fingerprint density at radius 2 is 1.92 bits per heavy atom. The van der Waals surface area contributed by atoms with Crippen molar-refractivity contribution in [2.24, 2.45) is 0 Å². The van der Waals surface area contributed by atoms with E-state index in [2.05, 4.69) is 10.3 Å². The predicted molar refractivity (Wildman–Crippen MR) is 103 cm³/mol. The Labute approximate surface area is 155 Å². The van der Waals surface area contributed by atoms with E-state index in [-0.39, 0.29) is 5.91 Å². The monoisotopic (exact) mass is 370 g/mol. The number of carbonyl (C=O) groups is 1. The lowest BCUT2D eigenvalue weighted by Gasteiger charge is -2.04. The van der Waals surface area contributed by atoms with Gasteiger partial charge >= 0.3 is 0 Å². The van der Waals surface area contributed by atoms with Crippen molar-refractivity contribution in [2.75, 3.05) is 12.9 Å². The van der Waals surface area contributed by atoms with Gasteiger partial charge in [-0.15, -0.1) is 23.1 Å². The summed E-state index contributed by atoms with van der Waals surface area (Å²) >= 11 is 3.09. The van der Waals surface area contributed by atoms with Gasteiger partial charge in [-0.1, -0.05) is 30.3 Å². The normalized spacial score (nSPS) is 10.4. The molecule has 0 aliphatic carbocycles. The number of hydrogen-bond acceptors (Lipinski definition) is 5. The van der Waals surface area contributed by atoms with Gasteiger partial charge in [0.25, 0.3) is 0 Å². The van der Waals surface area contributed by atoms with Crippen molar-refractivity contribution in [3.8, 4) is 16.3 Å². The van der Waals surface area contributed by atoms with Crippen molar-refractivity contribution in [1.29, 1.82) is 0 Å². The van der Waals surface area contributed by atoms with Gasteiger partial charge in [-0.3, -0.25) is 4.79 Å². The molecule has 0 saturated heterocycles. The maximum atomic E-state index is 12.0. The van der Waals surface area contributed by atoms with Crippen molar-refractivity contribution >= 4 is 29.0 Å². The number of amides is 1. The Bertz CT molecular complexity index is 817. The molecule has 2 aromatic carbocycles. The number of thiazole rings is 1. The number of rotatable bonds is 7. The second-order valence-electron chi connectivity index (χ2n) is 5.25. The molecule has 128 valence electrons. The summed E-state index contributed by atoms with van der Waals surface area (Å²) in [6, 6.07) is 17.7. The van der Waals surface area contributed by atoms with Crippen molar-refractivity contribution in [3.05, 3.63) is 65.7 Å². The van der Waals surface area contributed by atoms with Crippen LogP contribution in [-0.2, 0) is 11.3 Å². The summed E-state index contributed by atoms with van der Waals surface area (Å²) in [6.07, 6.45) is 0. The molecule has 3 aromatic rings. The van der Waals surface area contributed by atoms with Crippen molar-refractivity contribution < 1.29 is 9.53 Å². The Hall–Kier alpha value is -2.31. The lowest BCUT2D eigenvalue weighted by atomic mass is 10.2. The minimum Gasteiger partial charge on any atom is -0.497 e. The topological polar surface area (TPSA) is 51.2 Å². The smallest absolute Gasteiger partial charge is 0.230 e. The van der Waals surface area contributed by atoms with Gasteiger partial charge in [-0.25, -0.2) is 4.98 Å². The van der Waals surface area contributed by atoms with Crippen LogP contribution >= 0.6 is 23.1 Å². The van der Waals surface area contributed by atoms with E-state index < -0.39 is 0 Å². The number of hydrogen-bond donors (Lipinski definition) is 1. The average molecular weight is 370 g/mol. The second-order valence-corrected chi connectivity index (χ2v) is 7.16. The van der Waals surface area contributed by atoms with Crippen LogP contribution in [0.2, 0.25) is 0 Å². The number of carbonyl (C=O) groups excluding carboxylic acids is 1. The highest BCUT2D eigenvalue weighted by molar-refractivity contribution is 8.00. The van der Waals surface area contributed by atoms with Gasteiger partial charge in [0, 0.05) is 15.8 Å². The van der Waals surface area contributed by atoms with Gasteiger partial charge in [0.15, 0.2) is 0 Å². The minimum atomic E-state index is -0.00456. The second kappa shape index (κ2) is 8.69. The number of aromatic nitrogens is 1. The van der Waals surface area contributed by atoms with Crippen LogP contribution in [0.25, 0.3) is 10.6 Å². The molecule has 4 nitrogen and oxygen atoms in total. The number of ether oxygens (including phenoxy) is 1. The highest BCUT2D eigenvalue weighted by Crippen LogP contribution is 2.23. The first kappa shape index (κ1) is 17.5. The molecule has 0 unspecified atom stereocenters. The van der Waals surface area contributed by atoms with Crippen molar-refractivity contribution in [3.63, 3.8) is 0 Å². The van der Waals surface area contributed by atoms with Crippen LogP contribution in [0.15, 0.2) is 64.9 Å². The van der Waals surface area contributed by atoms with E-state index in [1.54, 1.807) is 18.4 Å². The van der Waals surface area contributed by atoms with Crippen LogP contribution in [0.5, 0.6) is 5.75 Å². The summed E-state index contributed by atoms with van der Waals surface area (Å²) in [5, 5.41) is 5.87. The Balaban J connectivity index is 1.46. The van der Waals surface area contributed by atoms with Crippen LogP contribution in [0.1, 0.15) is 5.69 Å². The first-order chi connectivity index (χ1) is 12.2. The van der Waals surface area contributed by atoms with Crippen LogP contribution in [-0.4, -0.2) is 23.8 Å². The van der Waals surface area contributed by atoms with E-state index in [0.717, 1.165) is 26.9 Å². The molecule has 0 bridgehead atoms. The van der Waals surface area contributed by atoms with Crippen molar-refractivity contribution in [2.45, 2.75) is 11.4 Å². The van der Waals surface area contributed by atoms with E-state index in [1.807, 2.05) is 60.0 Å². The van der Waals surface area contributed by atoms with E-state index in [0.29, 0.717) is 12.3 Å². The third kappa shape index (κ3) is 5.08. The minimum absolute atomic E-state index is 0.00456. The van der Waals surface area contributed by atoms with Gasteiger partial charge < -0.3 is 10.1 Å². The third-order valence-electron chi connectivity index (χ3n) is 3.47. The number of nitrogens with one attached hydrogen (secondary N) is 1. The zero-order valence-corrected chi connectivity index (χ0v) is 15.4. The first-order valence-electron chi connectivity index (χ1n) is 7.78. The maximum absolute atomic E-state index is 12.0. The van der Waals surface area contributed by atoms with Crippen LogP contribution in [0, 0.1) is 0 Å². The molecule has 0 saturated carbocycles. The fraction of sp³-hybridized carbons (Fsp3) is 0.158. The predicted octanol–water partition coefficient (Wildman–Crippen LogP) is 4.23. The van der Waals surface area contributed by atoms with Gasteiger partial charge in [0.2, 0.25) is 5.91 Å². The summed E-state index contributed by atoms with van der Waals surface area (Å²) in [5.41, 5.74) is 1.98. The van der Waals surface area contributed by atoms with Gasteiger partial charge in [0.1, 0.15) is 10.8 Å². The Kier molecular flexibility index (Phi) is 6.09. The molecule has 0 atom stereocenters. The lowest BCUT2D eigenvalue weighted by molar-refractivity contribution is -0.118. The SMILES string of the molecule is COc1ccc(SCC(=O)NCc2csc(-c3ccccc3)n2)cc1. The Morgan fingerprint density at radius 3 is 2.64 bits per heavy atom. The summed E-state index contributed by atoms with van der Waals surface area (Å²) in [6.45, 7) is 0.450. The number of nitrogens with zero attached hydrogens (tertiary/aromatic N) is 1. The summed E-state index contributed by atoms with van der Waals surface area (Å²) in [7, 11) is 1.64. The molecule has 0 spiro atoms. The molecule has 0 aliphatic heterocycles. The van der Waals surface area contributed by atoms with E-state index in [4.69, 9.17) is 4.74 Å². The highest BCUT2D eigenvalue weighted by atomic mass is 32.2. The molecule has 0 fully saturated rings. The first-order valence-corrected chi connectivity index (χ1v) is 9.64. The Morgan fingerprint density at radius 1 is 1.16 bits per heavy atom. The molecule has 6 heteroatoms. The fourth-order valence-corrected chi connectivity index (χ4v) is 3.72. The average Bonchev–Trinajstić information content (AvgIpc) is 3.15. The molecule has 1 aromatic heterocycles. The standard InChI is InChI=1S/C19H18N2O2S2/c1-23-16-7-9-17(10-8-16)24-13-18(22)20-11-15-12-25-19(21-15)14-5-3-2-4-6-14/h2-10,12H,11,13H2,1H3,(H,20,22). The number of thioether (sulfide) groups is 1. The highest BCUT2D eigenvalue weighted by Gasteiger charge is 2.07. The molecular formula is C19H18N2O2S2. The third-order valence-corrected chi connectivity index (χ3v) is 5.42. The summed E-state index contributed by atoms with van der Waals surface area (Å²) < 4.78 is 5.12. The maximum Gasteiger partial charge on any atom is 0.230 e. The van der Waals surface area contributed by atoms with Crippen LogP contribution < -0.4 is 10.1 Å². The summed E-state index contributed by atoms with van der Waals surface area (Å²) in [5.74, 6) is 1.18. The molecule has 1 heterocycles. The van der Waals surface area contributed by atoms with Crippen LogP contribution in [0.3, 0.4) is 0 Å². The molecule has 1 amide bonds. The van der Waals surface area contributed by atoms with Gasteiger partial charge in [-0.2, -0.15) is 0 Å². The largest absolute Gasteiger partial charge is 0.497 e. The van der Waals surface area contributed by atoms with Crippen molar-refractivity contribution in [1.82, 2.24) is 10.3 Å².